The zero-order valence-electron chi connectivity index (χ0n) is 7.50. The lowest BCUT2D eigenvalue weighted by Gasteiger charge is -2.03. The molecule has 0 saturated heterocycles. The van der Waals surface area contributed by atoms with Gasteiger partial charge in [0.25, 0.3) is 0 Å². The summed E-state index contributed by atoms with van der Waals surface area (Å²) in [6.45, 7) is 0. The van der Waals surface area contributed by atoms with Crippen LogP contribution in [0.4, 0.5) is 15.8 Å². The minimum atomic E-state index is 0.657. The number of hydrogen-bond acceptors (Lipinski definition) is 4. The quantitative estimate of drug-likeness (QED) is 0.885. The molecule has 0 aliphatic heterocycles. The Morgan fingerprint density at radius 3 is 2.87 bits per heavy atom. The number of anilines is 3. The Hall–Kier alpha value is -0.780. The fraction of sp³-hybridized carbons (Fsp3) is 0. The molecule has 2 aromatic rings. The topological polar surface area (TPSA) is 50.9 Å². The van der Waals surface area contributed by atoms with Gasteiger partial charge in [-0.15, -0.1) is 0 Å². The molecule has 0 saturated carbocycles. The Labute approximate surface area is 104 Å². The van der Waals surface area contributed by atoms with E-state index in [9.17, 15) is 0 Å². The van der Waals surface area contributed by atoms with E-state index in [0.29, 0.717) is 10.0 Å². The van der Waals surface area contributed by atoms with Crippen LogP contribution in [0.3, 0.4) is 0 Å². The van der Waals surface area contributed by atoms with Gasteiger partial charge in [0.05, 0.1) is 11.2 Å². The third-order valence-electron chi connectivity index (χ3n) is 1.69. The summed E-state index contributed by atoms with van der Waals surface area (Å²) in [5.41, 5.74) is 6.46. The third-order valence-corrected chi connectivity index (χ3v) is 3.67. The molecule has 0 atom stereocenters. The van der Waals surface area contributed by atoms with E-state index in [1.165, 1.54) is 11.3 Å². The average molecular weight is 305 g/mol. The Bertz CT molecular complexity index is 486. The van der Waals surface area contributed by atoms with Crippen molar-refractivity contribution in [2.45, 2.75) is 0 Å². The molecule has 1 aromatic carbocycles. The Balaban J connectivity index is 2.21. The molecular weight excluding hydrogens is 298 g/mol. The van der Waals surface area contributed by atoms with Crippen LogP contribution in [0, 0.1) is 0 Å². The van der Waals surface area contributed by atoms with Gasteiger partial charge in [-0.05, 0) is 34.1 Å². The fourth-order valence-corrected chi connectivity index (χ4v) is 2.07. The van der Waals surface area contributed by atoms with Crippen LogP contribution in [0.1, 0.15) is 0 Å². The van der Waals surface area contributed by atoms with E-state index in [4.69, 9.17) is 17.3 Å². The molecular formula is C9H7BrClN3S. The first-order chi connectivity index (χ1) is 7.15. The molecule has 0 aliphatic rings. The molecule has 2 rings (SSSR count). The zero-order valence-corrected chi connectivity index (χ0v) is 10.7. The van der Waals surface area contributed by atoms with Crippen molar-refractivity contribution in [1.29, 1.82) is 0 Å². The number of nitrogens with zero attached hydrogens (tertiary/aromatic N) is 1. The Morgan fingerprint density at radius 1 is 1.47 bits per heavy atom. The fourth-order valence-electron chi connectivity index (χ4n) is 1.04. The number of rotatable bonds is 2. The molecule has 0 radical (unpaired) electrons. The van der Waals surface area contributed by atoms with Gasteiger partial charge in [0.15, 0.2) is 5.13 Å². The highest BCUT2D eigenvalue weighted by atomic mass is 79.9. The number of nitrogens with one attached hydrogen (secondary N) is 1. The zero-order chi connectivity index (χ0) is 10.8. The summed E-state index contributed by atoms with van der Waals surface area (Å²) in [5, 5.41) is 5.21. The molecule has 0 bridgehead atoms. The largest absolute Gasteiger partial charge is 0.389 e. The summed E-state index contributed by atoms with van der Waals surface area (Å²) in [4.78, 5) is 4.09. The maximum atomic E-state index is 5.96. The van der Waals surface area contributed by atoms with Gasteiger partial charge >= 0.3 is 0 Å². The molecule has 0 spiro atoms. The average Bonchev–Trinajstić information content (AvgIpc) is 2.58. The van der Waals surface area contributed by atoms with Crippen LogP contribution in [-0.2, 0) is 0 Å². The number of nitrogens with two attached hydrogens (primary N) is 1. The van der Waals surface area contributed by atoms with Gasteiger partial charge in [-0.2, -0.15) is 0 Å². The Kier molecular flexibility index (Phi) is 3.14. The summed E-state index contributed by atoms with van der Waals surface area (Å²) >= 11 is 10.7. The van der Waals surface area contributed by atoms with Gasteiger partial charge in [0, 0.05) is 10.2 Å². The van der Waals surface area contributed by atoms with E-state index >= 15 is 0 Å². The van der Waals surface area contributed by atoms with Crippen molar-refractivity contribution in [3.63, 3.8) is 0 Å². The van der Waals surface area contributed by atoms with Crippen molar-refractivity contribution >= 4 is 54.7 Å². The van der Waals surface area contributed by atoms with Crippen LogP contribution in [0.5, 0.6) is 0 Å². The highest BCUT2D eigenvalue weighted by Gasteiger charge is 2.02. The predicted octanol–water partition coefficient (Wildman–Crippen LogP) is 3.88. The lowest BCUT2D eigenvalue weighted by molar-refractivity contribution is 1.39. The van der Waals surface area contributed by atoms with Crippen LogP contribution >= 0.6 is 38.9 Å². The van der Waals surface area contributed by atoms with Gasteiger partial charge in [0.2, 0.25) is 0 Å². The first-order valence-corrected chi connectivity index (χ1v) is 6.07. The standard InChI is InChI=1S/C9H7BrClN3S/c10-6-2-1-5(3-7(6)11)14-9-13-4-8(12)15-9/h1-4H,12H2,(H,13,14). The molecule has 3 N–H and O–H groups in total. The molecule has 1 heterocycles. The second kappa shape index (κ2) is 4.38. The number of halogens is 2. The summed E-state index contributed by atoms with van der Waals surface area (Å²) in [7, 11) is 0. The normalized spacial score (nSPS) is 10.3. The summed E-state index contributed by atoms with van der Waals surface area (Å²) < 4.78 is 0.869. The molecule has 6 heteroatoms. The van der Waals surface area contributed by atoms with Crippen LogP contribution in [0.15, 0.2) is 28.9 Å². The molecule has 78 valence electrons. The van der Waals surface area contributed by atoms with Crippen molar-refractivity contribution in [2.75, 3.05) is 11.1 Å². The molecule has 0 fully saturated rings. The van der Waals surface area contributed by atoms with Crippen molar-refractivity contribution < 1.29 is 0 Å². The summed E-state index contributed by atoms with van der Waals surface area (Å²) in [6, 6.07) is 5.61. The number of aromatic nitrogens is 1. The minimum Gasteiger partial charge on any atom is -0.389 e. The maximum Gasteiger partial charge on any atom is 0.189 e. The molecule has 0 amide bonds. The Morgan fingerprint density at radius 2 is 2.27 bits per heavy atom. The highest BCUT2D eigenvalue weighted by Crippen LogP contribution is 2.29. The van der Waals surface area contributed by atoms with E-state index in [-0.39, 0.29) is 0 Å². The van der Waals surface area contributed by atoms with Gasteiger partial charge in [-0.1, -0.05) is 22.9 Å². The number of thiazole rings is 1. The lowest BCUT2D eigenvalue weighted by atomic mass is 10.3. The van der Waals surface area contributed by atoms with Crippen LogP contribution in [0.25, 0.3) is 0 Å². The van der Waals surface area contributed by atoms with Crippen LogP contribution in [0.2, 0.25) is 5.02 Å². The van der Waals surface area contributed by atoms with E-state index in [0.717, 1.165) is 15.3 Å². The first-order valence-electron chi connectivity index (χ1n) is 4.08. The minimum absolute atomic E-state index is 0.657. The highest BCUT2D eigenvalue weighted by molar-refractivity contribution is 9.10. The van der Waals surface area contributed by atoms with E-state index < -0.39 is 0 Å². The van der Waals surface area contributed by atoms with E-state index in [1.807, 2.05) is 18.2 Å². The van der Waals surface area contributed by atoms with E-state index in [2.05, 4.69) is 26.2 Å². The predicted molar refractivity (Wildman–Crippen MR) is 69.0 cm³/mol. The van der Waals surface area contributed by atoms with Crippen LogP contribution in [-0.4, -0.2) is 4.98 Å². The van der Waals surface area contributed by atoms with Crippen LogP contribution < -0.4 is 11.1 Å². The van der Waals surface area contributed by atoms with Crippen molar-refractivity contribution in [2.24, 2.45) is 0 Å². The molecule has 0 unspecified atom stereocenters. The summed E-state index contributed by atoms with van der Waals surface area (Å²) in [6.07, 6.45) is 1.62. The third kappa shape index (κ3) is 2.62. The van der Waals surface area contributed by atoms with Crippen molar-refractivity contribution in [1.82, 2.24) is 4.98 Å². The first kappa shape index (κ1) is 10.7. The van der Waals surface area contributed by atoms with Gasteiger partial charge in [-0.3, -0.25) is 0 Å². The number of benzene rings is 1. The van der Waals surface area contributed by atoms with Gasteiger partial charge in [-0.25, -0.2) is 4.98 Å². The smallest absolute Gasteiger partial charge is 0.189 e. The SMILES string of the molecule is Nc1cnc(Nc2ccc(Br)c(Cl)c2)s1. The lowest BCUT2D eigenvalue weighted by Crippen LogP contribution is -1.88. The van der Waals surface area contributed by atoms with Crippen molar-refractivity contribution in [3.05, 3.63) is 33.9 Å². The molecule has 15 heavy (non-hydrogen) atoms. The van der Waals surface area contributed by atoms with Crippen molar-refractivity contribution in [3.8, 4) is 0 Å². The second-order valence-corrected chi connectivity index (χ2v) is 5.15. The van der Waals surface area contributed by atoms with Gasteiger partial charge in [0.1, 0.15) is 5.00 Å². The van der Waals surface area contributed by atoms with E-state index in [1.54, 1.807) is 6.20 Å². The molecule has 1 aromatic heterocycles. The number of nitrogen functional groups attached to an aromatic ring is 1. The second-order valence-electron chi connectivity index (χ2n) is 2.82. The number of hydrogen-bond donors (Lipinski definition) is 2. The van der Waals surface area contributed by atoms with Gasteiger partial charge < -0.3 is 11.1 Å². The molecule has 3 nitrogen and oxygen atoms in total. The molecule has 0 aliphatic carbocycles. The summed E-state index contributed by atoms with van der Waals surface area (Å²) in [5.74, 6) is 0. The maximum absolute atomic E-state index is 5.96. The monoisotopic (exact) mass is 303 g/mol.